The first-order valence-electron chi connectivity index (χ1n) is 10.4. The molecule has 0 saturated heterocycles. The van der Waals surface area contributed by atoms with Gasteiger partial charge in [0.15, 0.2) is 0 Å². The Hall–Kier alpha value is -2.62. The zero-order chi connectivity index (χ0) is 21.7. The smallest absolute Gasteiger partial charge is 0.129 e. The van der Waals surface area contributed by atoms with Gasteiger partial charge in [0.25, 0.3) is 0 Å². The van der Waals surface area contributed by atoms with Crippen LogP contribution in [0.1, 0.15) is 46.7 Å². The van der Waals surface area contributed by atoms with E-state index < -0.39 is 23.3 Å². The fraction of sp³-hybridized carbons (Fsp3) is 0.308. The van der Waals surface area contributed by atoms with Crippen LogP contribution in [0.3, 0.4) is 0 Å². The predicted molar refractivity (Wildman–Crippen MR) is 113 cm³/mol. The lowest BCUT2D eigenvalue weighted by Gasteiger charge is -2.11. The molecule has 0 N–H and O–H groups in total. The van der Waals surface area contributed by atoms with Crippen LogP contribution in [0, 0.1) is 30.2 Å². The Morgan fingerprint density at radius 1 is 0.533 bits per heavy atom. The molecule has 0 amide bonds. The molecule has 0 heterocycles. The quantitative estimate of drug-likeness (QED) is 0.346. The molecule has 0 aliphatic heterocycles. The molecule has 0 saturated carbocycles. The Morgan fingerprint density at radius 2 is 0.933 bits per heavy atom. The summed E-state index contributed by atoms with van der Waals surface area (Å²) in [6.45, 7) is 3.93. The van der Waals surface area contributed by atoms with Gasteiger partial charge in [0.05, 0.1) is 0 Å². The van der Waals surface area contributed by atoms with Gasteiger partial charge in [0.2, 0.25) is 0 Å². The fourth-order valence-electron chi connectivity index (χ4n) is 3.66. The summed E-state index contributed by atoms with van der Waals surface area (Å²) in [7, 11) is 0. The van der Waals surface area contributed by atoms with Crippen LogP contribution in [0.15, 0.2) is 48.5 Å². The van der Waals surface area contributed by atoms with Gasteiger partial charge in [-0.15, -0.1) is 0 Å². The van der Waals surface area contributed by atoms with Crippen LogP contribution < -0.4 is 0 Å². The number of benzene rings is 3. The number of rotatable bonds is 8. The van der Waals surface area contributed by atoms with Crippen molar-refractivity contribution in [1.82, 2.24) is 0 Å². The van der Waals surface area contributed by atoms with E-state index >= 15 is 0 Å². The van der Waals surface area contributed by atoms with Crippen LogP contribution in [0.2, 0.25) is 0 Å². The first-order chi connectivity index (χ1) is 14.4. The summed E-state index contributed by atoms with van der Waals surface area (Å²) in [6.07, 6.45) is 2.40. The third-order valence-corrected chi connectivity index (χ3v) is 5.39. The second kappa shape index (κ2) is 9.92. The molecule has 158 valence electrons. The molecule has 0 bridgehead atoms. The van der Waals surface area contributed by atoms with Crippen molar-refractivity contribution in [3.05, 3.63) is 105 Å². The van der Waals surface area contributed by atoms with Crippen molar-refractivity contribution in [3.8, 4) is 0 Å². The average molecular weight is 414 g/mol. The topological polar surface area (TPSA) is 0 Å². The summed E-state index contributed by atoms with van der Waals surface area (Å²) in [4.78, 5) is 0. The molecule has 0 aliphatic carbocycles. The van der Waals surface area contributed by atoms with E-state index in [-0.39, 0.29) is 30.4 Å². The normalized spacial score (nSPS) is 11.1. The van der Waals surface area contributed by atoms with Gasteiger partial charge in [-0.1, -0.05) is 43.2 Å². The van der Waals surface area contributed by atoms with Crippen LogP contribution >= 0.6 is 0 Å². The van der Waals surface area contributed by atoms with Crippen molar-refractivity contribution in [2.75, 3.05) is 0 Å². The molecular weight excluding hydrogens is 388 g/mol. The van der Waals surface area contributed by atoms with Gasteiger partial charge < -0.3 is 0 Å². The third kappa shape index (κ3) is 5.50. The molecule has 0 radical (unpaired) electrons. The Balaban J connectivity index is 1.69. The van der Waals surface area contributed by atoms with E-state index in [1.54, 1.807) is 0 Å². The lowest BCUT2D eigenvalue weighted by atomic mass is 9.97. The Kier molecular flexibility index (Phi) is 7.30. The zero-order valence-corrected chi connectivity index (χ0v) is 17.4. The molecular formula is C26H26F4. The Morgan fingerprint density at radius 3 is 1.37 bits per heavy atom. The number of halogens is 4. The molecule has 3 aromatic rings. The first kappa shape index (κ1) is 22.1. The maximum absolute atomic E-state index is 14.5. The monoisotopic (exact) mass is 414 g/mol. The molecule has 0 unspecified atom stereocenters. The summed E-state index contributed by atoms with van der Waals surface area (Å²) in [5.41, 5.74) is 3.15. The average Bonchev–Trinajstić information content (AvgIpc) is 2.68. The van der Waals surface area contributed by atoms with Crippen LogP contribution in [-0.2, 0) is 32.1 Å². The molecule has 4 heteroatoms. The first-order valence-corrected chi connectivity index (χ1v) is 10.4. The van der Waals surface area contributed by atoms with Gasteiger partial charge in [-0.25, -0.2) is 17.6 Å². The highest BCUT2D eigenvalue weighted by Crippen LogP contribution is 2.22. The third-order valence-electron chi connectivity index (χ3n) is 5.39. The SMILES string of the molecule is CCCc1cc(F)c(CCc2cc(F)c(CCc3ccc(C)cc3)c(F)c2)c(F)c1. The van der Waals surface area contributed by atoms with E-state index in [0.717, 1.165) is 17.5 Å². The van der Waals surface area contributed by atoms with Crippen LogP contribution in [0.4, 0.5) is 17.6 Å². The van der Waals surface area contributed by atoms with Gasteiger partial charge in [-0.3, -0.25) is 0 Å². The van der Waals surface area contributed by atoms with Gasteiger partial charge in [0, 0.05) is 11.1 Å². The molecule has 3 aromatic carbocycles. The van der Waals surface area contributed by atoms with Crippen molar-refractivity contribution >= 4 is 0 Å². The van der Waals surface area contributed by atoms with Crippen LogP contribution in [-0.4, -0.2) is 0 Å². The van der Waals surface area contributed by atoms with E-state index in [9.17, 15) is 17.6 Å². The van der Waals surface area contributed by atoms with Crippen molar-refractivity contribution in [1.29, 1.82) is 0 Å². The lowest BCUT2D eigenvalue weighted by Crippen LogP contribution is -2.04. The second-order valence-corrected chi connectivity index (χ2v) is 7.81. The second-order valence-electron chi connectivity index (χ2n) is 7.81. The minimum atomic E-state index is -0.614. The molecule has 0 spiro atoms. The summed E-state index contributed by atoms with van der Waals surface area (Å²) in [5, 5.41) is 0. The molecule has 0 atom stereocenters. The van der Waals surface area contributed by atoms with Gasteiger partial charge in [-0.2, -0.15) is 0 Å². The molecule has 0 aromatic heterocycles. The predicted octanol–water partition coefficient (Wildman–Crippen LogP) is 7.07. The van der Waals surface area contributed by atoms with Crippen molar-refractivity contribution in [2.45, 2.75) is 52.4 Å². The highest BCUT2D eigenvalue weighted by Gasteiger charge is 2.14. The Bertz CT molecular complexity index is 960. The van der Waals surface area contributed by atoms with Crippen molar-refractivity contribution in [3.63, 3.8) is 0 Å². The lowest BCUT2D eigenvalue weighted by molar-refractivity contribution is 0.544. The maximum Gasteiger partial charge on any atom is 0.129 e. The largest absolute Gasteiger partial charge is 0.207 e. The molecule has 30 heavy (non-hydrogen) atoms. The number of hydrogen-bond donors (Lipinski definition) is 0. The number of aryl methyl sites for hydroxylation is 4. The molecule has 0 nitrogen and oxygen atoms in total. The summed E-state index contributed by atoms with van der Waals surface area (Å²) in [5.74, 6) is -2.43. The molecule has 0 fully saturated rings. The standard InChI is InChI=1S/C26H26F4/c1-3-4-19-13-23(27)22(24(28)14-19)12-10-20-15-25(29)21(26(30)16-20)11-9-18-7-5-17(2)6-8-18/h5-8,13-16H,3-4,9-12H2,1-2H3. The summed E-state index contributed by atoms with van der Waals surface area (Å²) in [6, 6.07) is 13.1. The highest BCUT2D eigenvalue weighted by atomic mass is 19.1. The summed E-state index contributed by atoms with van der Waals surface area (Å²) >= 11 is 0. The number of hydrogen-bond acceptors (Lipinski definition) is 0. The van der Waals surface area contributed by atoms with Crippen LogP contribution in [0.5, 0.6) is 0 Å². The van der Waals surface area contributed by atoms with Gasteiger partial charge >= 0.3 is 0 Å². The van der Waals surface area contributed by atoms with Crippen LogP contribution in [0.25, 0.3) is 0 Å². The fourth-order valence-corrected chi connectivity index (χ4v) is 3.66. The van der Waals surface area contributed by atoms with E-state index in [1.807, 2.05) is 38.1 Å². The van der Waals surface area contributed by atoms with E-state index in [2.05, 4.69) is 0 Å². The Labute approximate surface area is 175 Å². The highest BCUT2D eigenvalue weighted by molar-refractivity contribution is 5.31. The maximum atomic E-state index is 14.5. The van der Waals surface area contributed by atoms with Crippen molar-refractivity contribution < 1.29 is 17.6 Å². The zero-order valence-electron chi connectivity index (χ0n) is 17.4. The van der Waals surface area contributed by atoms with E-state index in [4.69, 9.17) is 0 Å². The van der Waals surface area contributed by atoms with E-state index in [1.165, 1.54) is 24.3 Å². The van der Waals surface area contributed by atoms with Gasteiger partial charge in [0.1, 0.15) is 23.3 Å². The minimum absolute atomic E-state index is 0.0422. The van der Waals surface area contributed by atoms with Crippen molar-refractivity contribution in [2.24, 2.45) is 0 Å². The summed E-state index contributed by atoms with van der Waals surface area (Å²) < 4.78 is 57.5. The molecule has 0 aliphatic rings. The molecule has 3 rings (SSSR count). The van der Waals surface area contributed by atoms with E-state index in [0.29, 0.717) is 24.0 Å². The van der Waals surface area contributed by atoms with Gasteiger partial charge in [-0.05, 0) is 80.0 Å². The minimum Gasteiger partial charge on any atom is -0.207 e.